The van der Waals surface area contributed by atoms with Crippen molar-refractivity contribution in [3.63, 3.8) is 0 Å². The van der Waals surface area contributed by atoms with Crippen LogP contribution in [-0.2, 0) is 4.79 Å². The number of carbonyl (C=O) groups is 2. The molecule has 5 nitrogen and oxygen atoms in total. The van der Waals surface area contributed by atoms with E-state index >= 15 is 0 Å². The van der Waals surface area contributed by atoms with Gasteiger partial charge in [0.1, 0.15) is 0 Å². The van der Waals surface area contributed by atoms with Gasteiger partial charge < -0.3 is 5.32 Å². The Balaban J connectivity index is 1.81. The van der Waals surface area contributed by atoms with E-state index in [1.807, 2.05) is 0 Å². The maximum atomic E-state index is 11.9. The van der Waals surface area contributed by atoms with Gasteiger partial charge in [-0.15, -0.1) is 0 Å². The lowest BCUT2D eigenvalue weighted by Gasteiger charge is -2.05. The lowest BCUT2D eigenvalue weighted by molar-refractivity contribution is -0.120. The van der Waals surface area contributed by atoms with E-state index in [9.17, 15) is 9.59 Å². The van der Waals surface area contributed by atoms with Crippen molar-refractivity contribution in [1.29, 1.82) is 0 Å². The number of rotatable bonds is 5. The summed E-state index contributed by atoms with van der Waals surface area (Å²) in [5.41, 5.74) is 3.39. The Morgan fingerprint density at radius 2 is 1.71 bits per heavy atom. The molecular weight excluding hydrogens is 373 g/mol. The molecule has 2 rings (SSSR count). The minimum absolute atomic E-state index is 0.225. The second kappa shape index (κ2) is 8.68. The molecule has 24 heavy (non-hydrogen) atoms. The van der Waals surface area contributed by atoms with Gasteiger partial charge in [-0.2, -0.15) is 5.10 Å². The van der Waals surface area contributed by atoms with Gasteiger partial charge in [-0.3, -0.25) is 9.59 Å². The van der Waals surface area contributed by atoms with Crippen LogP contribution < -0.4 is 10.7 Å². The van der Waals surface area contributed by atoms with E-state index in [2.05, 4.69) is 15.8 Å². The maximum Gasteiger partial charge on any atom is 0.259 e. The number of amides is 2. The summed E-state index contributed by atoms with van der Waals surface area (Å²) < 4.78 is 0. The summed E-state index contributed by atoms with van der Waals surface area (Å²) in [7, 11) is 0. The highest BCUT2D eigenvalue weighted by molar-refractivity contribution is 6.42. The van der Waals surface area contributed by atoms with Gasteiger partial charge in [0.25, 0.3) is 11.8 Å². The average Bonchev–Trinajstić information content (AvgIpc) is 2.57. The Kier molecular flexibility index (Phi) is 6.61. The minimum atomic E-state index is -0.464. The van der Waals surface area contributed by atoms with E-state index in [1.165, 1.54) is 24.4 Å². The molecule has 0 aliphatic heterocycles. The first-order valence-corrected chi connectivity index (χ1v) is 7.90. The zero-order chi connectivity index (χ0) is 17.5. The number of benzene rings is 2. The molecule has 124 valence electrons. The molecule has 0 saturated heterocycles. The van der Waals surface area contributed by atoms with Gasteiger partial charge in [0, 0.05) is 10.6 Å². The van der Waals surface area contributed by atoms with Crippen LogP contribution >= 0.6 is 34.8 Å². The second-order valence-corrected chi connectivity index (χ2v) is 5.91. The first kappa shape index (κ1) is 18.3. The molecule has 0 heterocycles. The highest BCUT2D eigenvalue weighted by Crippen LogP contribution is 2.22. The Morgan fingerprint density at radius 1 is 1.00 bits per heavy atom. The number of halogens is 3. The Labute approximate surface area is 153 Å². The Bertz CT molecular complexity index is 777. The van der Waals surface area contributed by atoms with E-state index in [0.717, 1.165) is 5.56 Å². The van der Waals surface area contributed by atoms with Crippen molar-refractivity contribution in [1.82, 2.24) is 10.7 Å². The fourth-order valence-electron chi connectivity index (χ4n) is 1.67. The standard InChI is InChI=1S/C16H12Cl3N3O2/c17-12-4-1-10(2-5-12)8-21-22-15(23)9-20-16(24)11-3-6-13(18)14(19)7-11/h1-8H,9H2,(H,20,24)(H,22,23)/b21-8-. The van der Waals surface area contributed by atoms with Gasteiger partial charge in [-0.1, -0.05) is 46.9 Å². The van der Waals surface area contributed by atoms with Crippen molar-refractivity contribution in [2.45, 2.75) is 0 Å². The van der Waals surface area contributed by atoms with E-state index in [4.69, 9.17) is 34.8 Å². The van der Waals surface area contributed by atoms with E-state index < -0.39 is 11.8 Å². The predicted molar refractivity (Wildman–Crippen MR) is 96.0 cm³/mol. The molecule has 2 amide bonds. The van der Waals surface area contributed by atoms with Crippen LogP contribution in [0, 0.1) is 0 Å². The van der Waals surface area contributed by atoms with Crippen LogP contribution in [0.2, 0.25) is 15.1 Å². The van der Waals surface area contributed by atoms with Crippen LogP contribution in [0.5, 0.6) is 0 Å². The van der Waals surface area contributed by atoms with Crippen molar-refractivity contribution >= 4 is 52.8 Å². The molecule has 0 bridgehead atoms. The first-order valence-electron chi connectivity index (χ1n) is 6.76. The van der Waals surface area contributed by atoms with Gasteiger partial charge in [-0.25, -0.2) is 5.43 Å². The normalized spacial score (nSPS) is 10.6. The number of hydrogen-bond acceptors (Lipinski definition) is 3. The summed E-state index contributed by atoms with van der Waals surface area (Å²) in [6, 6.07) is 11.4. The molecule has 0 spiro atoms. The summed E-state index contributed by atoms with van der Waals surface area (Å²) >= 11 is 17.4. The molecule has 0 radical (unpaired) electrons. The fraction of sp³-hybridized carbons (Fsp3) is 0.0625. The molecule has 0 unspecified atom stereocenters. The molecule has 2 N–H and O–H groups in total. The molecule has 0 saturated carbocycles. The van der Waals surface area contributed by atoms with Crippen molar-refractivity contribution in [3.05, 3.63) is 68.7 Å². The second-order valence-electron chi connectivity index (χ2n) is 4.66. The zero-order valence-electron chi connectivity index (χ0n) is 12.2. The summed E-state index contributed by atoms with van der Waals surface area (Å²) in [6.45, 7) is -0.225. The molecular formula is C16H12Cl3N3O2. The summed E-state index contributed by atoms with van der Waals surface area (Å²) in [4.78, 5) is 23.5. The van der Waals surface area contributed by atoms with Crippen LogP contribution in [0.25, 0.3) is 0 Å². The average molecular weight is 385 g/mol. The smallest absolute Gasteiger partial charge is 0.259 e. The molecule has 0 aliphatic carbocycles. The molecule has 0 fully saturated rings. The first-order chi connectivity index (χ1) is 11.5. The third kappa shape index (κ3) is 5.53. The van der Waals surface area contributed by atoms with Crippen LogP contribution in [0.4, 0.5) is 0 Å². The molecule has 0 atom stereocenters. The quantitative estimate of drug-likeness (QED) is 0.611. The summed E-state index contributed by atoms with van der Waals surface area (Å²) in [5, 5.41) is 7.47. The van der Waals surface area contributed by atoms with Crippen molar-refractivity contribution < 1.29 is 9.59 Å². The molecule has 2 aromatic carbocycles. The molecule has 0 aliphatic rings. The van der Waals surface area contributed by atoms with Crippen LogP contribution in [0.1, 0.15) is 15.9 Å². The summed E-state index contributed by atoms with van der Waals surface area (Å²) in [5.74, 6) is -0.904. The number of hydrogen-bond donors (Lipinski definition) is 2. The summed E-state index contributed by atoms with van der Waals surface area (Å²) in [6.07, 6.45) is 1.47. The number of nitrogens with one attached hydrogen (secondary N) is 2. The van der Waals surface area contributed by atoms with Gasteiger partial charge in [0.2, 0.25) is 0 Å². The van der Waals surface area contributed by atoms with E-state index in [0.29, 0.717) is 15.6 Å². The number of hydrazone groups is 1. The van der Waals surface area contributed by atoms with Gasteiger partial charge in [-0.05, 0) is 35.9 Å². The number of carbonyl (C=O) groups excluding carboxylic acids is 2. The Hall–Kier alpha value is -2.08. The SMILES string of the molecule is O=C(CNC(=O)c1ccc(Cl)c(Cl)c1)N/N=C\c1ccc(Cl)cc1. The van der Waals surface area contributed by atoms with E-state index in [-0.39, 0.29) is 11.6 Å². The van der Waals surface area contributed by atoms with Gasteiger partial charge in [0.05, 0.1) is 22.8 Å². The Morgan fingerprint density at radius 3 is 2.38 bits per heavy atom. The van der Waals surface area contributed by atoms with Crippen molar-refractivity contribution in [3.8, 4) is 0 Å². The number of nitrogens with zero attached hydrogens (tertiary/aromatic N) is 1. The maximum absolute atomic E-state index is 11.9. The van der Waals surface area contributed by atoms with Gasteiger partial charge >= 0.3 is 0 Å². The highest BCUT2D eigenvalue weighted by atomic mass is 35.5. The van der Waals surface area contributed by atoms with Crippen molar-refractivity contribution in [2.24, 2.45) is 5.10 Å². The van der Waals surface area contributed by atoms with Crippen LogP contribution in [-0.4, -0.2) is 24.6 Å². The van der Waals surface area contributed by atoms with Crippen LogP contribution in [0.15, 0.2) is 47.6 Å². The largest absolute Gasteiger partial charge is 0.343 e. The highest BCUT2D eigenvalue weighted by Gasteiger charge is 2.09. The van der Waals surface area contributed by atoms with E-state index in [1.54, 1.807) is 24.3 Å². The fourth-order valence-corrected chi connectivity index (χ4v) is 2.09. The van der Waals surface area contributed by atoms with Crippen molar-refractivity contribution in [2.75, 3.05) is 6.54 Å². The predicted octanol–water partition coefficient (Wildman–Crippen LogP) is 3.53. The lowest BCUT2D eigenvalue weighted by atomic mass is 10.2. The third-order valence-electron chi connectivity index (χ3n) is 2.86. The molecule has 2 aromatic rings. The lowest BCUT2D eigenvalue weighted by Crippen LogP contribution is -2.34. The third-order valence-corrected chi connectivity index (χ3v) is 3.86. The minimum Gasteiger partial charge on any atom is -0.343 e. The van der Waals surface area contributed by atoms with Crippen LogP contribution in [0.3, 0.4) is 0 Å². The molecule has 0 aromatic heterocycles. The zero-order valence-corrected chi connectivity index (χ0v) is 14.5. The molecule has 8 heteroatoms. The monoisotopic (exact) mass is 383 g/mol. The topological polar surface area (TPSA) is 70.6 Å². The van der Waals surface area contributed by atoms with Gasteiger partial charge in [0.15, 0.2) is 0 Å².